The van der Waals surface area contributed by atoms with Crippen LogP contribution in [0.4, 0.5) is 0 Å². The molecule has 4 nitrogen and oxygen atoms in total. The fourth-order valence-electron chi connectivity index (χ4n) is 1.50. The van der Waals surface area contributed by atoms with Crippen LogP contribution in [0, 0.1) is 5.92 Å². The third kappa shape index (κ3) is 2.64. The van der Waals surface area contributed by atoms with Crippen molar-refractivity contribution in [3.63, 3.8) is 0 Å². The predicted octanol–water partition coefficient (Wildman–Crippen LogP) is 2.45. The fourth-order valence-corrected chi connectivity index (χ4v) is 1.76. The molecule has 17 heavy (non-hydrogen) atoms. The first kappa shape index (κ1) is 12.0. The molecule has 1 aliphatic rings. The molecule has 0 saturated heterocycles. The highest BCUT2D eigenvalue weighted by Gasteiger charge is 2.20. The van der Waals surface area contributed by atoms with Crippen molar-refractivity contribution in [3.8, 4) is 11.5 Å². The Bertz CT molecular complexity index is 446. The molecule has 1 aromatic carbocycles. The van der Waals surface area contributed by atoms with Crippen LogP contribution in [0.3, 0.4) is 0 Å². The number of hydrogen-bond donors (Lipinski definition) is 1. The minimum atomic E-state index is -0.154. The summed E-state index contributed by atoms with van der Waals surface area (Å²) in [7, 11) is 0. The maximum absolute atomic E-state index is 11.8. The average molecular weight is 256 g/mol. The second kappa shape index (κ2) is 4.84. The van der Waals surface area contributed by atoms with E-state index < -0.39 is 0 Å². The van der Waals surface area contributed by atoms with Gasteiger partial charge in [-0.15, -0.1) is 0 Å². The lowest BCUT2D eigenvalue weighted by Gasteiger charge is -2.08. The predicted molar refractivity (Wildman–Crippen MR) is 64.7 cm³/mol. The van der Waals surface area contributed by atoms with Crippen molar-refractivity contribution in [1.82, 2.24) is 5.32 Å². The van der Waals surface area contributed by atoms with Crippen LogP contribution < -0.4 is 14.8 Å². The first-order valence-electron chi connectivity index (χ1n) is 5.45. The highest BCUT2D eigenvalue weighted by atomic mass is 35.5. The minimum Gasteiger partial charge on any atom is -0.454 e. The molecule has 92 valence electrons. The second-order valence-corrected chi connectivity index (χ2v) is 4.70. The molecule has 0 saturated carbocycles. The van der Waals surface area contributed by atoms with Crippen molar-refractivity contribution < 1.29 is 14.3 Å². The molecule has 1 N–H and O–H groups in total. The standard InChI is InChI=1S/C12H14ClNO3/c1-7(2)5-14-12(15)8-3-9(13)11-10(4-8)16-6-17-11/h3-4,7H,5-6H2,1-2H3,(H,14,15). The van der Waals surface area contributed by atoms with Crippen molar-refractivity contribution in [3.05, 3.63) is 22.7 Å². The van der Waals surface area contributed by atoms with E-state index in [1.54, 1.807) is 12.1 Å². The van der Waals surface area contributed by atoms with Crippen LogP contribution in [-0.4, -0.2) is 19.2 Å². The van der Waals surface area contributed by atoms with E-state index in [2.05, 4.69) is 5.32 Å². The summed E-state index contributed by atoms with van der Waals surface area (Å²) in [5, 5.41) is 3.22. The van der Waals surface area contributed by atoms with Crippen LogP contribution in [0.2, 0.25) is 5.02 Å². The van der Waals surface area contributed by atoms with Gasteiger partial charge in [0.25, 0.3) is 5.91 Å². The summed E-state index contributed by atoms with van der Waals surface area (Å²) in [6.07, 6.45) is 0. The lowest BCUT2D eigenvalue weighted by atomic mass is 10.1. The Morgan fingerprint density at radius 3 is 2.94 bits per heavy atom. The SMILES string of the molecule is CC(C)CNC(=O)c1cc(Cl)c2c(c1)OCO2. The average Bonchev–Trinajstić information content (AvgIpc) is 2.74. The smallest absolute Gasteiger partial charge is 0.251 e. The van der Waals surface area contributed by atoms with Crippen LogP contribution in [0.1, 0.15) is 24.2 Å². The van der Waals surface area contributed by atoms with E-state index >= 15 is 0 Å². The van der Waals surface area contributed by atoms with Gasteiger partial charge in [0.1, 0.15) is 0 Å². The monoisotopic (exact) mass is 255 g/mol. The van der Waals surface area contributed by atoms with Gasteiger partial charge in [-0.3, -0.25) is 4.79 Å². The van der Waals surface area contributed by atoms with Gasteiger partial charge >= 0.3 is 0 Å². The van der Waals surface area contributed by atoms with Gasteiger partial charge in [0.15, 0.2) is 11.5 Å². The zero-order valence-corrected chi connectivity index (χ0v) is 10.5. The van der Waals surface area contributed by atoms with E-state index in [0.29, 0.717) is 34.5 Å². The van der Waals surface area contributed by atoms with Crippen LogP contribution in [-0.2, 0) is 0 Å². The van der Waals surface area contributed by atoms with E-state index in [4.69, 9.17) is 21.1 Å². The Morgan fingerprint density at radius 1 is 1.47 bits per heavy atom. The highest BCUT2D eigenvalue weighted by molar-refractivity contribution is 6.32. The zero-order valence-electron chi connectivity index (χ0n) is 9.75. The van der Waals surface area contributed by atoms with E-state index in [1.807, 2.05) is 13.8 Å². The summed E-state index contributed by atoms with van der Waals surface area (Å²) in [4.78, 5) is 11.8. The molecule has 0 bridgehead atoms. The number of halogens is 1. The van der Waals surface area contributed by atoms with Gasteiger partial charge in [0.2, 0.25) is 6.79 Å². The Labute approximate surface area is 105 Å². The molecule has 1 amide bonds. The quantitative estimate of drug-likeness (QED) is 0.903. The van der Waals surface area contributed by atoms with Crippen molar-refractivity contribution in [2.45, 2.75) is 13.8 Å². The van der Waals surface area contributed by atoms with Gasteiger partial charge < -0.3 is 14.8 Å². The van der Waals surface area contributed by atoms with Crippen molar-refractivity contribution in [1.29, 1.82) is 0 Å². The molecule has 0 spiro atoms. The van der Waals surface area contributed by atoms with Gasteiger partial charge in [-0.05, 0) is 18.1 Å². The maximum atomic E-state index is 11.8. The number of rotatable bonds is 3. The maximum Gasteiger partial charge on any atom is 0.251 e. The summed E-state index contributed by atoms with van der Waals surface area (Å²) in [5.41, 5.74) is 0.486. The molecule has 0 aromatic heterocycles. The number of carbonyl (C=O) groups excluding carboxylic acids is 1. The van der Waals surface area contributed by atoms with Crippen LogP contribution in [0.5, 0.6) is 11.5 Å². The van der Waals surface area contributed by atoms with Crippen molar-refractivity contribution in [2.75, 3.05) is 13.3 Å². The normalized spacial score (nSPS) is 12.9. The molecule has 0 radical (unpaired) electrons. The largest absolute Gasteiger partial charge is 0.454 e. The second-order valence-electron chi connectivity index (χ2n) is 4.30. The number of ether oxygens (including phenoxy) is 2. The summed E-state index contributed by atoms with van der Waals surface area (Å²) < 4.78 is 10.4. The van der Waals surface area contributed by atoms with Crippen LogP contribution >= 0.6 is 11.6 Å². The van der Waals surface area contributed by atoms with Gasteiger partial charge in [-0.25, -0.2) is 0 Å². The first-order valence-corrected chi connectivity index (χ1v) is 5.83. The molecular formula is C12H14ClNO3. The van der Waals surface area contributed by atoms with E-state index in [1.165, 1.54) is 0 Å². The van der Waals surface area contributed by atoms with Gasteiger partial charge in [-0.1, -0.05) is 25.4 Å². The van der Waals surface area contributed by atoms with Gasteiger partial charge in [-0.2, -0.15) is 0 Å². The number of amides is 1. The van der Waals surface area contributed by atoms with Crippen LogP contribution in [0.15, 0.2) is 12.1 Å². The molecule has 5 heteroatoms. The highest BCUT2D eigenvalue weighted by Crippen LogP contribution is 2.39. The molecule has 1 aliphatic heterocycles. The number of benzene rings is 1. The van der Waals surface area contributed by atoms with Gasteiger partial charge in [0.05, 0.1) is 5.02 Å². The third-order valence-electron chi connectivity index (χ3n) is 2.36. The van der Waals surface area contributed by atoms with Gasteiger partial charge in [0, 0.05) is 12.1 Å². The number of carbonyl (C=O) groups is 1. The number of fused-ring (bicyclic) bond motifs is 1. The molecule has 0 unspecified atom stereocenters. The first-order chi connectivity index (χ1) is 8.08. The lowest BCUT2D eigenvalue weighted by molar-refractivity contribution is 0.0948. The topological polar surface area (TPSA) is 47.6 Å². The Kier molecular flexibility index (Phi) is 3.43. The molecule has 0 fully saturated rings. The molecule has 1 aromatic rings. The van der Waals surface area contributed by atoms with Crippen LogP contribution in [0.25, 0.3) is 0 Å². The number of hydrogen-bond acceptors (Lipinski definition) is 3. The summed E-state index contributed by atoms with van der Waals surface area (Å²) in [6.45, 7) is 4.84. The number of nitrogens with one attached hydrogen (secondary N) is 1. The molecule has 0 atom stereocenters. The van der Waals surface area contributed by atoms with E-state index in [0.717, 1.165) is 0 Å². The Balaban J connectivity index is 2.16. The van der Waals surface area contributed by atoms with Crippen molar-refractivity contribution in [2.24, 2.45) is 5.92 Å². The summed E-state index contributed by atoms with van der Waals surface area (Å²) in [6, 6.07) is 3.23. The minimum absolute atomic E-state index is 0.145. The molecular weight excluding hydrogens is 242 g/mol. The van der Waals surface area contributed by atoms with E-state index in [-0.39, 0.29) is 12.7 Å². The lowest BCUT2D eigenvalue weighted by Crippen LogP contribution is -2.27. The molecule has 0 aliphatic carbocycles. The fraction of sp³-hybridized carbons (Fsp3) is 0.417. The Morgan fingerprint density at radius 2 is 2.24 bits per heavy atom. The zero-order chi connectivity index (χ0) is 12.4. The molecule has 2 rings (SSSR count). The summed E-state index contributed by atoms with van der Waals surface area (Å²) >= 11 is 6.00. The van der Waals surface area contributed by atoms with Crippen molar-refractivity contribution >= 4 is 17.5 Å². The third-order valence-corrected chi connectivity index (χ3v) is 2.64. The Hall–Kier alpha value is -1.42. The molecule has 1 heterocycles. The summed E-state index contributed by atoms with van der Waals surface area (Å²) in [5.74, 6) is 1.28. The van der Waals surface area contributed by atoms with E-state index in [9.17, 15) is 4.79 Å².